The van der Waals surface area contributed by atoms with Crippen LogP contribution in [0.4, 0.5) is 0 Å². The minimum Gasteiger partial charge on any atom is -0.394 e. The first-order valence-electron chi connectivity index (χ1n) is 27.2. The lowest BCUT2D eigenvalue weighted by Gasteiger charge is -2.19. The summed E-state index contributed by atoms with van der Waals surface area (Å²) in [4.78, 5) is 12.4. The SMILES string of the molecule is CC/C=C\C/C=C\C/C=C\C/C=C\C/C=C\C/C=C\C/C=C\C/C=C\C/C=C\C/C=C\CCCCCCCCCCCCC(=O)NC(CO)C(O)/C=C/CC/C=C/CC/C=C/CCCCCC. The highest BCUT2D eigenvalue weighted by Gasteiger charge is 2.17. The molecule has 4 nitrogen and oxygen atoms in total. The van der Waals surface area contributed by atoms with Crippen LogP contribution in [-0.4, -0.2) is 34.9 Å². The van der Waals surface area contributed by atoms with Gasteiger partial charge >= 0.3 is 0 Å². The van der Waals surface area contributed by atoms with E-state index in [4.69, 9.17) is 0 Å². The Morgan fingerprint density at radius 1 is 0.373 bits per heavy atom. The summed E-state index contributed by atoms with van der Waals surface area (Å²) in [6.45, 7) is 4.14. The van der Waals surface area contributed by atoms with Crippen molar-refractivity contribution in [3.8, 4) is 0 Å². The number of carbonyl (C=O) groups is 1. The maximum atomic E-state index is 12.4. The molecule has 0 spiro atoms. The van der Waals surface area contributed by atoms with Gasteiger partial charge < -0.3 is 15.5 Å². The number of nitrogens with one attached hydrogen (secondary N) is 1. The minimum absolute atomic E-state index is 0.0908. The van der Waals surface area contributed by atoms with Crippen molar-refractivity contribution < 1.29 is 15.0 Å². The molecule has 4 heteroatoms. The molecule has 2 atom stereocenters. The molecule has 1 amide bonds. The van der Waals surface area contributed by atoms with Gasteiger partial charge in [0.2, 0.25) is 5.91 Å². The zero-order chi connectivity index (χ0) is 48.5. The first-order chi connectivity index (χ1) is 33.2. The number of hydrogen-bond acceptors (Lipinski definition) is 3. The Labute approximate surface area is 414 Å². The van der Waals surface area contributed by atoms with E-state index >= 15 is 0 Å². The first kappa shape index (κ1) is 63.0. The van der Waals surface area contributed by atoms with Gasteiger partial charge in [0.15, 0.2) is 0 Å². The monoisotopic (exact) mass is 920 g/mol. The van der Waals surface area contributed by atoms with Crippen LogP contribution in [0.2, 0.25) is 0 Å². The quantitative estimate of drug-likeness (QED) is 0.0421. The molecule has 0 radical (unpaired) electrons. The largest absolute Gasteiger partial charge is 0.394 e. The Hall–Kier alpha value is -3.99. The molecule has 0 fully saturated rings. The van der Waals surface area contributed by atoms with Gasteiger partial charge in [0, 0.05) is 6.42 Å². The summed E-state index contributed by atoms with van der Waals surface area (Å²) < 4.78 is 0. The highest BCUT2D eigenvalue weighted by atomic mass is 16.3. The van der Waals surface area contributed by atoms with Crippen LogP contribution >= 0.6 is 0 Å². The van der Waals surface area contributed by atoms with Crippen molar-refractivity contribution in [3.63, 3.8) is 0 Å². The average Bonchev–Trinajstić information content (AvgIpc) is 3.33. The molecular formula is C63H101NO3. The Morgan fingerprint density at radius 3 is 1.04 bits per heavy atom. The Kier molecular flexibility index (Phi) is 53.0. The van der Waals surface area contributed by atoms with Gasteiger partial charge in [0.25, 0.3) is 0 Å². The van der Waals surface area contributed by atoms with Crippen LogP contribution in [0.5, 0.6) is 0 Å². The van der Waals surface area contributed by atoms with E-state index in [1.807, 2.05) is 6.08 Å². The maximum absolute atomic E-state index is 12.4. The third-order valence-corrected chi connectivity index (χ3v) is 11.2. The zero-order valence-electron chi connectivity index (χ0n) is 43.1. The van der Waals surface area contributed by atoms with E-state index in [0.717, 1.165) is 109 Å². The molecule has 2 unspecified atom stereocenters. The number of unbranched alkanes of at least 4 members (excludes halogenated alkanes) is 16. The summed E-state index contributed by atoms with van der Waals surface area (Å²) in [7, 11) is 0. The molecule has 0 aromatic rings. The maximum Gasteiger partial charge on any atom is 0.220 e. The van der Waals surface area contributed by atoms with Gasteiger partial charge in [-0.15, -0.1) is 0 Å². The van der Waals surface area contributed by atoms with E-state index in [1.54, 1.807) is 6.08 Å². The lowest BCUT2D eigenvalue weighted by Crippen LogP contribution is -2.45. The zero-order valence-corrected chi connectivity index (χ0v) is 43.1. The number of allylic oxidation sites excluding steroid dienone is 25. The second kappa shape index (κ2) is 56.3. The number of amides is 1. The van der Waals surface area contributed by atoms with Crippen molar-refractivity contribution in [3.05, 3.63) is 158 Å². The van der Waals surface area contributed by atoms with Gasteiger partial charge in [-0.1, -0.05) is 242 Å². The molecule has 0 aromatic carbocycles. The van der Waals surface area contributed by atoms with E-state index in [9.17, 15) is 15.0 Å². The molecule has 0 aromatic heterocycles. The van der Waals surface area contributed by atoms with Gasteiger partial charge in [-0.25, -0.2) is 0 Å². The van der Waals surface area contributed by atoms with Crippen LogP contribution in [0.15, 0.2) is 158 Å². The van der Waals surface area contributed by atoms with Gasteiger partial charge in [0.05, 0.1) is 18.8 Å². The molecule has 0 aliphatic rings. The normalized spacial score (nSPS) is 14.1. The van der Waals surface area contributed by atoms with Crippen molar-refractivity contribution in [1.29, 1.82) is 0 Å². The molecular weight excluding hydrogens is 819 g/mol. The van der Waals surface area contributed by atoms with Gasteiger partial charge in [-0.05, 0) is 122 Å². The molecule has 0 saturated carbocycles. The second-order valence-corrected chi connectivity index (χ2v) is 17.5. The van der Waals surface area contributed by atoms with Gasteiger partial charge in [-0.2, -0.15) is 0 Å². The van der Waals surface area contributed by atoms with E-state index in [-0.39, 0.29) is 12.5 Å². The van der Waals surface area contributed by atoms with E-state index in [2.05, 4.69) is 165 Å². The third-order valence-electron chi connectivity index (χ3n) is 11.2. The van der Waals surface area contributed by atoms with Crippen LogP contribution < -0.4 is 5.32 Å². The third kappa shape index (κ3) is 52.8. The predicted molar refractivity (Wildman–Crippen MR) is 298 cm³/mol. The van der Waals surface area contributed by atoms with Gasteiger partial charge in [0.1, 0.15) is 0 Å². The Morgan fingerprint density at radius 2 is 0.672 bits per heavy atom. The standard InChI is InChI=1S/C63H101NO3/c1-3-5-7-9-11-13-15-17-19-20-21-22-23-24-25-26-27-28-29-30-31-32-33-34-35-36-37-38-39-40-41-42-43-44-45-47-49-51-53-55-57-59-63(67)64-61(60-65)62(66)58-56-54-52-50-48-46-18-16-14-12-10-8-6-4-2/h5,7,11,13-14,16-17,19,21-22,24-25,27-28,30-31,33-34,36-37,39-40,48,50,56,58,61-62,65-66H,3-4,6,8-10,12,15,18,20,23,26,29,32,35,38,41-47,49,51-55,57,59-60H2,1-2H3,(H,64,67)/b7-5-,13-11-,16-14+,19-17-,22-21-,25-24-,28-27-,31-30-,34-33-,37-36-,40-39-,50-48+,58-56+. The van der Waals surface area contributed by atoms with Crippen LogP contribution in [0.25, 0.3) is 0 Å². The fourth-order valence-electron chi connectivity index (χ4n) is 7.12. The Bertz CT molecular complexity index is 1460. The molecule has 0 rings (SSSR count). The van der Waals surface area contributed by atoms with E-state index < -0.39 is 12.1 Å². The summed E-state index contributed by atoms with van der Waals surface area (Å²) in [6.07, 6.45) is 91.0. The molecule has 0 saturated heterocycles. The molecule has 67 heavy (non-hydrogen) atoms. The molecule has 376 valence electrons. The highest BCUT2D eigenvalue weighted by Crippen LogP contribution is 2.13. The fourth-order valence-corrected chi connectivity index (χ4v) is 7.12. The Balaban J connectivity index is 3.65. The van der Waals surface area contributed by atoms with Crippen LogP contribution in [-0.2, 0) is 4.79 Å². The second-order valence-electron chi connectivity index (χ2n) is 17.5. The van der Waals surface area contributed by atoms with Crippen molar-refractivity contribution in [1.82, 2.24) is 5.32 Å². The minimum atomic E-state index is -0.881. The number of aliphatic hydroxyl groups is 2. The molecule has 0 heterocycles. The highest BCUT2D eigenvalue weighted by molar-refractivity contribution is 5.76. The number of rotatable bonds is 47. The van der Waals surface area contributed by atoms with E-state index in [1.165, 1.54) is 83.5 Å². The van der Waals surface area contributed by atoms with Crippen LogP contribution in [0.1, 0.15) is 213 Å². The summed E-state index contributed by atoms with van der Waals surface area (Å²) in [5.41, 5.74) is 0. The summed E-state index contributed by atoms with van der Waals surface area (Å²) >= 11 is 0. The molecule has 0 aliphatic heterocycles. The van der Waals surface area contributed by atoms with Crippen LogP contribution in [0, 0.1) is 0 Å². The summed E-state index contributed by atoms with van der Waals surface area (Å²) in [5, 5.41) is 23.0. The molecule has 3 N–H and O–H groups in total. The van der Waals surface area contributed by atoms with Crippen molar-refractivity contribution in [2.45, 2.75) is 225 Å². The lowest BCUT2D eigenvalue weighted by atomic mass is 10.0. The molecule has 0 bridgehead atoms. The average molecular weight is 921 g/mol. The van der Waals surface area contributed by atoms with Crippen molar-refractivity contribution in [2.75, 3.05) is 6.61 Å². The summed E-state index contributed by atoms with van der Waals surface area (Å²) in [6, 6.07) is -0.658. The lowest BCUT2D eigenvalue weighted by molar-refractivity contribution is -0.123. The number of hydrogen-bond donors (Lipinski definition) is 3. The number of carbonyl (C=O) groups excluding carboxylic acids is 1. The number of aliphatic hydroxyl groups excluding tert-OH is 2. The predicted octanol–water partition coefficient (Wildman–Crippen LogP) is 18.2. The van der Waals surface area contributed by atoms with Crippen molar-refractivity contribution in [2.24, 2.45) is 0 Å². The van der Waals surface area contributed by atoms with Crippen molar-refractivity contribution >= 4 is 5.91 Å². The van der Waals surface area contributed by atoms with Gasteiger partial charge in [-0.3, -0.25) is 4.79 Å². The first-order valence-corrected chi connectivity index (χ1v) is 27.2. The van der Waals surface area contributed by atoms with Crippen LogP contribution in [0.3, 0.4) is 0 Å². The smallest absolute Gasteiger partial charge is 0.220 e. The molecule has 0 aliphatic carbocycles. The summed E-state index contributed by atoms with van der Waals surface area (Å²) in [5.74, 6) is -0.0908. The van der Waals surface area contributed by atoms with E-state index in [0.29, 0.717) is 6.42 Å². The fraction of sp³-hybridized carbons (Fsp3) is 0.571. The topological polar surface area (TPSA) is 69.6 Å².